The van der Waals surface area contributed by atoms with Crippen molar-refractivity contribution in [3.63, 3.8) is 0 Å². The minimum atomic E-state index is -1.96. The van der Waals surface area contributed by atoms with E-state index in [0.29, 0.717) is 12.8 Å². The van der Waals surface area contributed by atoms with Crippen molar-refractivity contribution in [2.75, 3.05) is 7.11 Å². The Labute approximate surface area is 236 Å². The lowest BCUT2D eigenvalue weighted by Crippen LogP contribution is -2.21. The van der Waals surface area contributed by atoms with Crippen LogP contribution in [0, 0.1) is 0 Å². The second-order valence-corrected chi connectivity index (χ2v) is 14.5. The van der Waals surface area contributed by atoms with E-state index in [9.17, 15) is 9.69 Å². The van der Waals surface area contributed by atoms with Crippen molar-refractivity contribution in [2.45, 2.75) is 91.4 Å². The van der Waals surface area contributed by atoms with Gasteiger partial charge < -0.3 is 14.2 Å². The second-order valence-electron chi connectivity index (χ2n) is 13.3. The van der Waals surface area contributed by atoms with Gasteiger partial charge in [-0.25, -0.2) is 0 Å². The molecule has 4 nitrogen and oxygen atoms in total. The first kappa shape index (κ1) is 30.9. The van der Waals surface area contributed by atoms with Crippen LogP contribution in [0.1, 0.15) is 91.0 Å². The molecular weight excluding hydrogens is 503 g/mol. The van der Waals surface area contributed by atoms with Gasteiger partial charge in [-0.05, 0) is 51.0 Å². The fourth-order valence-corrected chi connectivity index (χ4v) is 5.66. The number of carbonyl (C=O) groups is 1. The molecule has 0 fully saturated rings. The van der Waals surface area contributed by atoms with E-state index >= 15 is 0 Å². The van der Waals surface area contributed by atoms with Gasteiger partial charge in [0, 0.05) is 22.9 Å². The molecule has 0 saturated heterocycles. The van der Waals surface area contributed by atoms with Crippen LogP contribution < -0.4 is 9.83 Å². The minimum Gasteiger partial charge on any atom is -0.469 e. The molecule has 210 valence electrons. The first-order valence-corrected chi connectivity index (χ1v) is 14.8. The Bertz CT molecular complexity index is 1250. The molecule has 0 spiro atoms. The predicted molar refractivity (Wildman–Crippen MR) is 164 cm³/mol. The monoisotopic (exact) mass is 548 g/mol. The second kappa shape index (κ2) is 11.8. The lowest BCUT2D eigenvalue weighted by molar-refractivity contribution is -0.140. The van der Waals surface area contributed by atoms with Gasteiger partial charge in [0.15, 0.2) is 0 Å². The molecule has 3 aromatic carbocycles. The van der Waals surface area contributed by atoms with E-state index in [0.717, 1.165) is 38.9 Å². The standard InChI is InChI=1S/C34H45O4P/c1-32(2,3)25-18-16-24(17-19-25)26-13-11-12-14-29(26)39(36)38-31-27(33(4,5)6)21-23(15-20-30(35)37-10)22-28(31)34(7,8)9/h11-14,16-19,21-22,36H,15,20H2,1-10H3. The molecule has 1 atom stereocenters. The third-order valence-corrected chi connectivity index (χ3v) is 8.12. The van der Waals surface area contributed by atoms with Crippen LogP contribution in [0.15, 0.2) is 60.7 Å². The summed E-state index contributed by atoms with van der Waals surface area (Å²) < 4.78 is 11.5. The molecule has 0 aliphatic rings. The summed E-state index contributed by atoms with van der Waals surface area (Å²) in [4.78, 5) is 23.5. The van der Waals surface area contributed by atoms with Gasteiger partial charge in [-0.1, -0.05) is 117 Å². The van der Waals surface area contributed by atoms with Crippen LogP contribution in [-0.4, -0.2) is 18.0 Å². The molecular formula is C34H45O4P. The zero-order chi connectivity index (χ0) is 29.2. The Kier molecular flexibility index (Phi) is 9.35. The molecule has 0 amide bonds. The van der Waals surface area contributed by atoms with Crippen LogP contribution in [-0.2, 0) is 32.2 Å². The number of benzene rings is 3. The van der Waals surface area contributed by atoms with Gasteiger partial charge in [0.25, 0.3) is 8.38 Å². The maximum atomic E-state index is 11.9. The molecule has 0 saturated carbocycles. The number of rotatable bonds is 7. The summed E-state index contributed by atoms with van der Waals surface area (Å²) in [6.07, 6.45) is 0.901. The van der Waals surface area contributed by atoms with Crippen molar-refractivity contribution >= 4 is 19.6 Å². The van der Waals surface area contributed by atoms with Crippen molar-refractivity contribution in [3.8, 4) is 16.9 Å². The number of ether oxygens (including phenoxy) is 1. The summed E-state index contributed by atoms with van der Waals surface area (Å²) in [6.45, 7) is 19.5. The van der Waals surface area contributed by atoms with Gasteiger partial charge in [-0.3, -0.25) is 4.79 Å². The Morgan fingerprint density at radius 3 is 1.82 bits per heavy atom. The number of aryl methyl sites for hydroxylation is 1. The smallest absolute Gasteiger partial charge is 0.305 e. The molecule has 0 heterocycles. The maximum absolute atomic E-state index is 11.9. The molecule has 0 bridgehead atoms. The van der Waals surface area contributed by atoms with E-state index < -0.39 is 8.38 Å². The van der Waals surface area contributed by atoms with Crippen LogP contribution in [0.25, 0.3) is 11.1 Å². The first-order valence-electron chi connectivity index (χ1n) is 13.6. The molecule has 0 aliphatic heterocycles. The van der Waals surface area contributed by atoms with E-state index in [1.165, 1.54) is 12.7 Å². The van der Waals surface area contributed by atoms with E-state index in [-0.39, 0.29) is 22.2 Å². The lowest BCUT2D eigenvalue weighted by Gasteiger charge is -2.31. The van der Waals surface area contributed by atoms with Crippen molar-refractivity contribution in [2.24, 2.45) is 0 Å². The largest absolute Gasteiger partial charge is 0.469 e. The molecule has 1 N–H and O–H groups in total. The highest BCUT2D eigenvalue weighted by Gasteiger charge is 2.30. The average molecular weight is 549 g/mol. The Hall–Kier alpha value is -2.68. The fraction of sp³-hybridized carbons (Fsp3) is 0.441. The molecule has 3 aromatic rings. The Morgan fingerprint density at radius 2 is 1.33 bits per heavy atom. The van der Waals surface area contributed by atoms with Crippen LogP contribution in [0.5, 0.6) is 5.75 Å². The zero-order valence-corrected chi connectivity index (χ0v) is 26.2. The molecule has 1 unspecified atom stereocenters. The van der Waals surface area contributed by atoms with Crippen molar-refractivity contribution < 1.29 is 18.9 Å². The molecule has 39 heavy (non-hydrogen) atoms. The minimum absolute atomic E-state index is 0.0699. The number of carbonyl (C=O) groups excluding carboxylic acids is 1. The van der Waals surface area contributed by atoms with Gasteiger partial charge in [-0.2, -0.15) is 0 Å². The van der Waals surface area contributed by atoms with Crippen molar-refractivity contribution in [3.05, 3.63) is 82.9 Å². The molecule has 0 radical (unpaired) electrons. The van der Waals surface area contributed by atoms with Gasteiger partial charge in [-0.15, -0.1) is 0 Å². The summed E-state index contributed by atoms with van der Waals surface area (Å²) >= 11 is 0. The number of esters is 1. The van der Waals surface area contributed by atoms with Crippen LogP contribution in [0.3, 0.4) is 0 Å². The quantitative estimate of drug-likeness (QED) is 0.238. The van der Waals surface area contributed by atoms with Crippen LogP contribution >= 0.6 is 8.38 Å². The van der Waals surface area contributed by atoms with Crippen molar-refractivity contribution in [1.29, 1.82) is 0 Å². The molecule has 0 aliphatic carbocycles. The highest BCUT2D eigenvalue weighted by Crippen LogP contribution is 2.47. The van der Waals surface area contributed by atoms with Crippen LogP contribution in [0.4, 0.5) is 0 Å². The summed E-state index contributed by atoms with van der Waals surface area (Å²) in [5.74, 6) is 0.499. The molecule has 5 heteroatoms. The summed E-state index contributed by atoms with van der Waals surface area (Å²) in [5, 5.41) is 0.783. The highest BCUT2D eigenvalue weighted by atomic mass is 31.2. The number of hydrogen-bond donors (Lipinski definition) is 1. The maximum Gasteiger partial charge on any atom is 0.305 e. The third-order valence-electron chi connectivity index (χ3n) is 6.96. The van der Waals surface area contributed by atoms with E-state index in [4.69, 9.17) is 9.26 Å². The summed E-state index contributed by atoms with van der Waals surface area (Å²) in [6, 6.07) is 20.8. The van der Waals surface area contributed by atoms with Gasteiger partial charge in [0.1, 0.15) is 5.75 Å². The Morgan fingerprint density at radius 1 is 0.795 bits per heavy atom. The first-order chi connectivity index (χ1) is 18.0. The Balaban J connectivity index is 2.08. The van der Waals surface area contributed by atoms with Gasteiger partial charge >= 0.3 is 5.97 Å². The highest BCUT2D eigenvalue weighted by molar-refractivity contribution is 7.55. The van der Waals surface area contributed by atoms with Gasteiger partial charge in [0.05, 0.1) is 7.11 Å². The molecule has 0 aromatic heterocycles. The third kappa shape index (κ3) is 7.71. The summed E-state index contributed by atoms with van der Waals surface area (Å²) in [5.41, 5.74) is 5.97. The normalized spacial score (nSPS) is 13.2. The number of hydrogen-bond acceptors (Lipinski definition) is 4. The average Bonchev–Trinajstić information content (AvgIpc) is 2.85. The predicted octanol–water partition coefficient (Wildman–Crippen LogP) is 8.36. The number of methoxy groups -OCH3 is 1. The van der Waals surface area contributed by atoms with E-state index in [1.54, 1.807) is 0 Å². The molecule has 3 rings (SSSR count). The van der Waals surface area contributed by atoms with Crippen LogP contribution in [0.2, 0.25) is 0 Å². The zero-order valence-electron chi connectivity index (χ0n) is 25.3. The lowest BCUT2D eigenvalue weighted by atomic mass is 9.78. The fourth-order valence-electron chi connectivity index (χ4n) is 4.56. The summed E-state index contributed by atoms with van der Waals surface area (Å²) in [7, 11) is -0.540. The SMILES string of the molecule is COC(=O)CCc1cc(C(C)(C)C)c(OP(O)c2ccccc2-c2ccc(C(C)(C)C)cc2)c(C(C)(C)C)c1. The van der Waals surface area contributed by atoms with Gasteiger partial charge in [0.2, 0.25) is 0 Å². The van der Waals surface area contributed by atoms with Crippen molar-refractivity contribution in [1.82, 2.24) is 0 Å². The van der Waals surface area contributed by atoms with E-state index in [1.807, 2.05) is 24.3 Å². The topological polar surface area (TPSA) is 55.8 Å². The van der Waals surface area contributed by atoms with E-state index in [2.05, 4.69) is 98.7 Å².